The molecule has 0 saturated carbocycles. The molecular weight excluding hydrogens is 1010 g/mol. The fraction of sp³-hybridized carbons (Fsp3) is 0.235. The molecule has 2 aliphatic carbocycles. The fourth-order valence-electron chi connectivity index (χ4n) is 13.0. The topological polar surface area (TPSA) is 0 Å². The van der Waals surface area contributed by atoms with Crippen LogP contribution in [-0.2, 0) is 16.4 Å². The average molecular weight is 1070 g/mol. The molecule has 0 nitrogen and oxygen atoms in total. The van der Waals surface area contributed by atoms with E-state index in [1.54, 1.807) is 0 Å². The van der Waals surface area contributed by atoms with Crippen molar-refractivity contribution in [1.29, 1.82) is 0 Å². The van der Waals surface area contributed by atoms with Crippen molar-refractivity contribution in [3.8, 4) is 55.6 Å². The van der Waals surface area contributed by atoms with Gasteiger partial charge >= 0.3 is 444 Å². The second-order valence-corrected chi connectivity index (χ2v) is 45.0. The first-order valence-electron chi connectivity index (χ1n) is 26.4. The Morgan fingerprint density at radius 1 is 0.403 bits per heavy atom. The first kappa shape index (κ1) is 49.1. The summed E-state index contributed by atoms with van der Waals surface area (Å²) in [5.74, 6) is 1.52. The first-order valence-corrected chi connectivity index (χ1v) is 38.2. The van der Waals surface area contributed by atoms with Crippen molar-refractivity contribution >= 4 is 52.3 Å². The van der Waals surface area contributed by atoms with Gasteiger partial charge in [0.25, 0.3) is 0 Å². The van der Waals surface area contributed by atoms with Crippen LogP contribution >= 0.6 is 17.0 Å². The summed E-state index contributed by atoms with van der Waals surface area (Å²) in [6, 6.07) is 62.4. The molecule has 0 amide bonds. The Hall–Kier alpha value is -5.08. The fourth-order valence-corrected chi connectivity index (χ4v) is 41.8. The van der Waals surface area contributed by atoms with Gasteiger partial charge in [-0.2, -0.15) is 0 Å². The predicted octanol–water partition coefficient (Wildman–Crippen LogP) is 17.9. The van der Waals surface area contributed by atoms with Gasteiger partial charge in [0.1, 0.15) is 0 Å². The Morgan fingerprint density at radius 2 is 0.806 bits per heavy atom. The maximum atomic E-state index is 9.50. The Labute approximate surface area is 440 Å². The molecule has 11 rings (SSSR count). The number of benzene rings is 8. The van der Waals surface area contributed by atoms with Gasteiger partial charge in [0, 0.05) is 0 Å². The van der Waals surface area contributed by atoms with Gasteiger partial charge in [0.15, 0.2) is 0 Å². The summed E-state index contributed by atoms with van der Waals surface area (Å²) in [6.45, 7) is 23.2. The van der Waals surface area contributed by atoms with E-state index in [0.29, 0.717) is 23.7 Å². The summed E-state index contributed by atoms with van der Waals surface area (Å²) in [4.78, 5) is 0. The Kier molecular flexibility index (Phi) is 12.8. The van der Waals surface area contributed by atoms with Gasteiger partial charge in [-0.25, -0.2) is 0 Å². The van der Waals surface area contributed by atoms with E-state index in [9.17, 15) is 17.0 Å². The van der Waals surface area contributed by atoms with Crippen molar-refractivity contribution in [1.82, 2.24) is 0 Å². The van der Waals surface area contributed by atoms with Gasteiger partial charge in [-0.05, 0) is 0 Å². The number of hydrogen-bond acceptors (Lipinski definition) is 0. The quantitative estimate of drug-likeness (QED) is 0.113. The van der Waals surface area contributed by atoms with E-state index >= 15 is 0 Å². The number of halogens is 2. The number of fused-ring (bicyclic) bond motifs is 5. The van der Waals surface area contributed by atoms with Gasteiger partial charge in [0.05, 0.1) is 0 Å². The molecule has 0 spiro atoms. The van der Waals surface area contributed by atoms with Gasteiger partial charge < -0.3 is 0 Å². The molecule has 2 atom stereocenters. The molecule has 72 heavy (non-hydrogen) atoms. The third-order valence-corrected chi connectivity index (χ3v) is 39.8. The standard InChI is InChI=1S/2C28H29.C12H9Si.2ClH.Zr/c2*1-18(2)23-15-24(19(3)4)17-25(16-23)28-26(21-9-7-6-8-10-21)12-11-22-13-20(5)14-27(22)28;1-3-7-11-9(5-1)10-6-2-4-8-12(10)13-11;;;/h2*6-19H,1-5H3;1-7H,13H2;2*1H;/q;;;;;+2/p-2. The van der Waals surface area contributed by atoms with Gasteiger partial charge in [-0.15, -0.1) is 0 Å². The van der Waals surface area contributed by atoms with Crippen molar-refractivity contribution in [2.45, 2.75) is 100 Å². The van der Waals surface area contributed by atoms with Crippen molar-refractivity contribution in [3.05, 3.63) is 219 Å². The zero-order chi connectivity index (χ0) is 50.4. The molecule has 361 valence electrons. The predicted molar refractivity (Wildman–Crippen MR) is 315 cm³/mol. The van der Waals surface area contributed by atoms with E-state index in [-0.39, 0.29) is 7.25 Å². The molecule has 3 aliphatic rings. The molecule has 0 aromatic heterocycles. The molecule has 2 unspecified atom stereocenters. The summed E-state index contributed by atoms with van der Waals surface area (Å²) in [7, 11) is 18.1. The third kappa shape index (κ3) is 8.01. The van der Waals surface area contributed by atoms with E-state index in [4.69, 9.17) is 0 Å². The van der Waals surface area contributed by atoms with Gasteiger partial charge in [-0.3, -0.25) is 0 Å². The van der Waals surface area contributed by atoms with Gasteiger partial charge in [0.2, 0.25) is 0 Å². The summed E-state index contributed by atoms with van der Waals surface area (Å²) >= 11 is -5.80. The van der Waals surface area contributed by atoms with Gasteiger partial charge in [-0.1, -0.05) is 0 Å². The zero-order valence-corrected chi connectivity index (χ0v) is 49.1. The Morgan fingerprint density at radius 3 is 1.24 bits per heavy atom. The monoisotopic (exact) mass is 1070 g/mol. The Bertz CT molecular complexity index is 3280. The van der Waals surface area contributed by atoms with E-state index in [1.807, 2.05) is 0 Å². The molecule has 0 bridgehead atoms. The molecule has 4 heteroatoms. The van der Waals surface area contributed by atoms with Crippen molar-refractivity contribution < 1.29 is 16.4 Å². The van der Waals surface area contributed by atoms with Crippen LogP contribution < -0.4 is 13.6 Å². The van der Waals surface area contributed by atoms with E-state index in [1.165, 1.54) is 125 Å². The minimum absolute atomic E-state index is 0.191. The number of hydrogen-bond donors (Lipinski definition) is 0. The van der Waals surface area contributed by atoms with E-state index < -0.39 is 25.9 Å². The van der Waals surface area contributed by atoms with Crippen molar-refractivity contribution in [3.63, 3.8) is 0 Å². The van der Waals surface area contributed by atoms with Crippen LogP contribution in [0.1, 0.15) is 145 Å². The van der Waals surface area contributed by atoms with Crippen molar-refractivity contribution in [2.75, 3.05) is 0 Å². The molecule has 0 N–H and O–H groups in total. The summed E-state index contributed by atoms with van der Waals surface area (Å²) < 4.78 is 0.874. The zero-order valence-electron chi connectivity index (χ0n) is 43.7. The van der Waals surface area contributed by atoms with Crippen LogP contribution in [0.15, 0.2) is 175 Å². The summed E-state index contributed by atoms with van der Waals surface area (Å²) in [5.41, 5.74) is 25.7. The van der Waals surface area contributed by atoms with E-state index in [2.05, 4.69) is 245 Å². The van der Waals surface area contributed by atoms with Crippen LogP contribution in [0.3, 0.4) is 0 Å². The molecule has 1 heterocycles. The molecule has 0 radical (unpaired) electrons. The molecule has 1 aliphatic heterocycles. The second kappa shape index (κ2) is 18.7. The molecule has 8 aromatic carbocycles. The van der Waals surface area contributed by atoms with Crippen LogP contribution in [0, 0.1) is 0 Å². The summed E-state index contributed by atoms with van der Waals surface area (Å²) in [6.07, 6.45) is 4.99. The number of rotatable bonds is 11. The van der Waals surface area contributed by atoms with Crippen LogP contribution in [0.2, 0.25) is 0 Å². The normalized spacial score (nSPS) is 16.8. The first-order chi connectivity index (χ1) is 34.5. The molecule has 0 fully saturated rings. The second-order valence-electron chi connectivity index (χ2n) is 22.6. The van der Waals surface area contributed by atoms with Crippen molar-refractivity contribution in [2.24, 2.45) is 0 Å². The number of allylic oxidation sites excluding steroid dienone is 2. The SMILES string of the molecule is CC1=Cc2c(ccc(-c3ccccc3)c2-c2cc(C(C)C)cc(C(C)C)c2)[CH]1[Zr]([Cl])([Cl])([c]1cccc2c1[SiH2]c1ccccc1-2)[CH]1C(C)=Cc2c1ccc(-c1ccccc1)c2-c1cc(C(C)C)cc(C(C)C)c1. The van der Waals surface area contributed by atoms with Crippen LogP contribution in [0.4, 0.5) is 0 Å². The van der Waals surface area contributed by atoms with Crippen LogP contribution in [0.25, 0.3) is 67.8 Å². The van der Waals surface area contributed by atoms with E-state index in [0.717, 1.165) is 0 Å². The maximum absolute atomic E-state index is 9.50. The Balaban J connectivity index is 1.22. The summed E-state index contributed by atoms with van der Waals surface area (Å²) in [5, 5.41) is 2.92. The van der Waals surface area contributed by atoms with Crippen LogP contribution in [0.5, 0.6) is 0 Å². The third-order valence-electron chi connectivity index (χ3n) is 16.6. The average Bonchev–Trinajstić information content (AvgIpc) is 4.06. The molecule has 8 aromatic rings. The minimum atomic E-state index is -5.80. The van der Waals surface area contributed by atoms with Crippen LogP contribution in [-0.4, -0.2) is 9.52 Å². The molecule has 0 saturated heterocycles. The molecular formula is C68H67Cl2SiZr.